The average molecular weight is 409 g/mol. The van der Waals surface area contributed by atoms with Gasteiger partial charge in [-0.3, -0.25) is 4.99 Å². The smallest absolute Gasteiger partial charge is 0.252 e. The second kappa shape index (κ2) is 9.32. The number of hydrogen-bond acceptors (Lipinski definition) is 5. The largest absolute Gasteiger partial charge is 0.379 e. The van der Waals surface area contributed by atoms with E-state index in [1.54, 1.807) is 13.1 Å². The van der Waals surface area contributed by atoms with Gasteiger partial charge >= 0.3 is 0 Å². The van der Waals surface area contributed by atoms with Gasteiger partial charge in [0.25, 0.3) is 10.0 Å². The zero-order chi connectivity index (χ0) is 19.1. The standard InChI is InChI=1S/C18H24N4O3S2/c1-19-18(20-13-15-5-3-2-4-6-15)21-14-16-7-8-17(26-16)27(23,24)22-9-11-25-12-10-22/h2-8H,9-14H2,1H3,(H2,19,20,21). The molecule has 0 unspecified atom stereocenters. The maximum Gasteiger partial charge on any atom is 0.252 e. The van der Waals surface area contributed by atoms with Gasteiger partial charge in [0.15, 0.2) is 5.96 Å². The molecule has 2 N–H and O–H groups in total. The summed E-state index contributed by atoms with van der Waals surface area (Å²) >= 11 is 1.28. The van der Waals surface area contributed by atoms with E-state index in [1.807, 2.05) is 36.4 Å². The second-order valence-electron chi connectivity index (χ2n) is 6.00. The predicted molar refractivity (Wildman–Crippen MR) is 107 cm³/mol. The Balaban J connectivity index is 1.55. The lowest BCUT2D eigenvalue weighted by molar-refractivity contribution is 0.0731. The highest BCUT2D eigenvalue weighted by Crippen LogP contribution is 2.25. The fourth-order valence-corrected chi connectivity index (χ4v) is 5.54. The number of guanidine groups is 1. The van der Waals surface area contributed by atoms with E-state index in [0.717, 1.165) is 10.4 Å². The number of sulfonamides is 1. The van der Waals surface area contributed by atoms with Crippen LogP contribution in [0.5, 0.6) is 0 Å². The molecule has 1 aliphatic heterocycles. The van der Waals surface area contributed by atoms with Crippen molar-refractivity contribution in [3.8, 4) is 0 Å². The number of aliphatic imine (C=N–C) groups is 1. The van der Waals surface area contributed by atoms with Gasteiger partial charge in [-0.15, -0.1) is 11.3 Å². The van der Waals surface area contributed by atoms with Crippen molar-refractivity contribution >= 4 is 27.3 Å². The molecule has 27 heavy (non-hydrogen) atoms. The van der Waals surface area contributed by atoms with Crippen molar-refractivity contribution in [2.45, 2.75) is 17.3 Å². The number of benzene rings is 1. The van der Waals surface area contributed by atoms with Crippen LogP contribution in [-0.2, 0) is 27.8 Å². The Bertz CT molecular complexity index is 860. The lowest BCUT2D eigenvalue weighted by Gasteiger charge is -2.25. The molecule has 1 aromatic carbocycles. The minimum absolute atomic E-state index is 0.369. The summed E-state index contributed by atoms with van der Waals surface area (Å²) in [7, 11) is -1.72. The van der Waals surface area contributed by atoms with Crippen LogP contribution in [0, 0.1) is 0 Å². The number of hydrogen-bond donors (Lipinski definition) is 2. The molecule has 2 heterocycles. The first kappa shape index (κ1) is 19.8. The predicted octanol–water partition coefficient (Wildman–Crippen LogP) is 1.63. The van der Waals surface area contributed by atoms with Crippen LogP contribution < -0.4 is 10.6 Å². The van der Waals surface area contributed by atoms with E-state index in [1.165, 1.54) is 15.6 Å². The summed E-state index contributed by atoms with van der Waals surface area (Å²) in [6.45, 7) is 2.89. The van der Waals surface area contributed by atoms with Gasteiger partial charge < -0.3 is 15.4 Å². The minimum atomic E-state index is -3.43. The molecule has 0 spiro atoms. The number of ether oxygens (including phenoxy) is 1. The molecule has 1 aliphatic rings. The lowest BCUT2D eigenvalue weighted by Crippen LogP contribution is -2.40. The van der Waals surface area contributed by atoms with E-state index >= 15 is 0 Å². The molecule has 0 saturated carbocycles. The van der Waals surface area contributed by atoms with Gasteiger partial charge in [-0.2, -0.15) is 4.31 Å². The van der Waals surface area contributed by atoms with Crippen LogP contribution in [0.4, 0.5) is 0 Å². The molecular formula is C18H24N4O3S2. The van der Waals surface area contributed by atoms with Crippen LogP contribution in [-0.4, -0.2) is 52.0 Å². The Morgan fingerprint density at radius 1 is 1.11 bits per heavy atom. The van der Waals surface area contributed by atoms with E-state index in [2.05, 4.69) is 15.6 Å². The number of nitrogens with zero attached hydrogens (tertiary/aromatic N) is 2. The molecule has 3 rings (SSSR count). The summed E-state index contributed by atoms with van der Waals surface area (Å²) in [6, 6.07) is 13.6. The van der Waals surface area contributed by atoms with Crippen molar-refractivity contribution in [1.82, 2.24) is 14.9 Å². The topological polar surface area (TPSA) is 83.0 Å². The number of nitrogens with one attached hydrogen (secondary N) is 2. The Morgan fingerprint density at radius 2 is 1.81 bits per heavy atom. The molecule has 0 atom stereocenters. The number of thiophene rings is 1. The van der Waals surface area contributed by atoms with E-state index in [4.69, 9.17) is 4.74 Å². The average Bonchev–Trinajstić information content (AvgIpc) is 3.19. The molecule has 146 valence electrons. The zero-order valence-corrected chi connectivity index (χ0v) is 16.9. The fourth-order valence-electron chi connectivity index (χ4n) is 2.68. The molecule has 2 aromatic rings. The SMILES string of the molecule is CN=C(NCc1ccccc1)NCc1ccc(S(=O)(=O)N2CCOCC2)s1. The molecule has 7 nitrogen and oxygen atoms in total. The molecule has 0 radical (unpaired) electrons. The Labute approximate surface area is 164 Å². The van der Waals surface area contributed by atoms with Crippen LogP contribution in [0.3, 0.4) is 0 Å². The molecule has 1 fully saturated rings. The van der Waals surface area contributed by atoms with Gasteiger partial charge in [-0.1, -0.05) is 30.3 Å². The van der Waals surface area contributed by atoms with Gasteiger partial charge in [0.1, 0.15) is 4.21 Å². The summed E-state index contributed by atoms with van der Waals surface area (Å²) < 4.78 is 32.4. The van der Waals surface area contributed by atoms with Gasteiger partial charge in [-0.25, -0.2) is 8.42 Å². The first-order valence-corrected chi connectivity index (χ1v) is 11.0. The van der Waals surface area contributed by atoms with E-state index in [-0.39, 0.29) is 0 Å². The molecule has 0 bridgehead atoms. The van der Waals surface area contributed by atoms with Crippen LogP contribution in [0.15, 0.2) is 51.7 Å². The summed E-state index contributed by atoms with van der Waals surface area (Å²) in [5.74, 6) is 0.671. The van der Waals surface area contributed by atoms with Crippen LogP contribution in [0.25, 0.3) is 0 Å². The van der Waals surface area contributed by atoms with Crippen LogP contribution in [0.1, 0.15) is 10.4 Å². The number of rotatable bonds is 6. The van der Waals surface area contributed by atoms with Crippen molar-refractivity contribution in [1.29, 1.82) is 0 Å². The van der Waals surface area contributed by atoms with Crippen molar-refractivity contribution < 1.29 is 13.2 Å². The highest BCUT2D eigenvalue weighted by atomic mass is 32.2. The van der Waals surface area contributed by atoms with Crippen molar-refractivity contribution in [2.24, 2.45) is 4.99 Å². The van der Waals surface area contributed by atoms with Gasteiger partial charge in [0, 0.05) is 31.6 Å². The Kier molecular flexibility index (Phi) is 6.84. The molecular weight excluding hydrogens is 384 g/mol. The molecule has 0 amide bonds. The van der Waals surface area contributed by atoms with Gasteiger partial charge in [0.2, 0.25) is 0 Å². The summed E-state index contributed by atoms with van der Waals surface area (Å²) in [5.41, 5.74) is 1.16. The fraction of sp³-hybridized carbons (Fsp3) is 0.389. The van der Waals surface area contributed by atoms with Crippen LogP contribution in [0.2, 0.25) is 0 Å². The Hall–Kier alpha value is -1.94. The van der Waals surface area contributed by atoms with Gasteiger partial charge in [0.05, 0.1) is 19.8 Å². The lowest BCUT2D eigenvalue weighted by atomic mass is 10.2. The Morgan fingerprint density at radius 3 is 2.52 bits per heavy atom. The maximum absolute atomic E-state index is 12.7. The van der Waals surface area contributed by atoms with E-state index in [0.29, 0.717) is 49.6 Å². The summed E-state index contributed by atoms with van der Waals surface area (Å²) in [4.78, 5) is 5.14. The first-order valence-electron chi connectivity index (χ1n) is 8.74. The van der Waals surface area contributed by atoms with E-state index in [9.17, 15) is 8.42 Å². The third kappa shape index (κ3) is 5.29. The summed E-state index contributed by atoms with van der Waals surface area (Å²) in [5, 5.41) is 6.47. The molecule has 0 aliphatic carbocycles. The monoisotopic (exact) mass is 408 g/mol. The van der Waals surface area contributed by atoms with Crippen molar-refractivity contribution in [2.75, 3.05) is 33.4 Å². The quantitative estimate of drug-likeness (QED) is 0.561. The van der Waals surface area contributed by atoms with Crippen molar-refractivity contribution in [3.63, 3.8) is 0 Å². The highest BCUT2D eigenvalue weighted by Gasteiger charge is 2.27. The molecule has 1 aromatic heterocycles. The second-order valence-corrected chi connectivity index (χ2v) is 9.34. The normalized spacial score (nSPS) is 16.3. The van der Waals surface area contributed by atoms with E-state index < -0.39 is 10.0 Å². The van der Waals surface area contributed by atoms with Gasteiger partial charge in [-0.05, 0) is 17.7 Å². The molecule has 9 heteroatoms. The van der Waals surface area contributed by atoms with Crippen LogP contribution >= 0.6 is 11.3 Å². The third-order valence-electron chi connectivity index (χ3n) is 4.16. The third-order valence-corrected chi connectivity index (χ3v) is 7.61. The van der Waals surface area contributed by atoms with Crippen molar-refractivity contribution in [3.05, 3.63) is 52.9 Å². The number of morpholine rings is 1. The first-order chi connectivity index (χ1) is 13.1. The molecule has 1 saturated heterocycles. The minimum Gasteiger partial charge on any atom is -0.379 e. The maximum atomic E-state index is 12.7. The highest BCUT2D eigenvalue weighted by molar-refractivity contribution is 7.91. The summed E-state index contributed by atoms with van der Waals surface area (Å²) in [6.07, 6.45) is 0. The zero-order valence-electron chi connectivity index (χ0n) is 15.2.